The molecular weight excluding hydrogens is 252 g/mol. The first-order valence-corrected chi connectivity index (χ1v) is 6.88. The predicted octanol–water partition coefficient (Wildman–Crippen LogP) is 1.67. The fourth-order valence-corrected chi connectivity index (χ4v) is 2.28. The Kier molecular flexibility index (Phi) is 5.16. The summed E-state index contributed by atoms with van der Waals surface area (Å²) in [6, 6.07) is 5.81. The molecule has 0 atom stereocenters. The summed E-state index contributed by atoms with van der Waals surface area (Å²) >= 11 is 0. The smallest absolute Gasteiger partial charge is 0.227 e. The second kappa shape index (κ2) is 7.09. The van der Waals surface area contributed by atoms with Crippen LogP contribution in [-0.4, -0.2) is 25.7 Å². The summed E-state index contributed by atoms with van der Waals surface area (Å²) in [4.78, 5) is 12.2. The minimum absolute atomic E-state index is 0.0443. The maximum absolute atomic E-state index is 12.2. The van der Waals surface area contributed by atoms with Crippen molar-refractivity contribution in [2.45, 2.75) is 19.8 Å². The lowest BCUT2D eigenvalue weighted by Gasteiger charge is -2.21. The van der Waals surface area contributed by atoms with Crippen LogP contribution in [0.1, 0.15) is 24.0 Å². The number of nitrogens with two attached hydrogens (primary N) is 1. The summed E-state index contributed by atoms with van der Waals surface area (Å²) in [6.07, 6.45) is 1.58. The van der Waals surface area contributed by atoms with E-state index in [1.165, 1.54) is 0 Å². The molecule has 1 aliphatic heterocycles. The highest BCUT2D eigenvalue weighted by molar-refractivity contribution is 5.92. The van der Waals surface area contributed by atoms with Gasteiger partial charge < -0.3 is 15.8 Å². The van der Waals surface area contributed by atoms with Crippen LogP contribution in [0.25, 0.3) is 0 Å². The maximum Gasteiger partial charge on any atom is 0.227 e. The fraction of sp³-hybridized carbons (Fsp3) is 0.438. The third-order valence-corrected chi connectivity index (χ3v) is 3.27. The quantitative estimate of drug-likeness (QED) is 0.805. The average molecular weight is 272 g/mol. The Labute approximate surface area is 119 Å². The molecule has 4 nitrogen and oxygen atoms in total. The molecule has 0 spiro atoms. The van der Waals surface area contributed by atoms with E-state index < -0.39 is 0 Å². The molecule has 20 heavy (non-hydrogen) atoms. The Bertz CT molecular complexity index is 537. The highest BCUT2D eigenvalue weighted by Gasteiger charge is 2.21. The molecule has 1 aromatic rings. The summed E-state index contributed by atoms with van der Waals surface area (Å²) in [7, 11) is 0. The minimum atomic E-state index is 0.0443. The van der Waals surface area contributed by atoms with Crippen LogP contribution in [0.15, 0.2) is 18.2 Å². The van der Waals surface area contributed by atoms with Crippen LogP contribution >= 0.6 is 0 Å². The van der Waals surface area contributed by atoms with E-state index in [2.05, 4.69) is 17.2 Å². The third-order valence-electron chi connectivity index (χ3n) is 3.27. The van der Waals surface area contributed by atoms with Crippen LogP contribution in [0.4, 0.5) is 5.69 Å². The van der Waals surface area contributed by atoms with Crippen molar-refractivity contribution in [1.29, 1.82) is 0 Å². The summed E-state index contributed by atoms with van der Waals surface area (Å²) in [6.45, 7) is 3.65. The molecule has 0 bridgehead atoms. The van der Waals surface area contributed by atoms with Crippen molar-refractivity contribution < 1.29 is 9.53 Å². The third kappa shape index (κ3) is 4.09. The molecule has 2 rings (SSSR count). The normalized spacial score (nSPS) is 15.3. The van der Waals surface area contributed by atoms with E-state index in [0.29, 0.717) is 19.8 Å². The van der Waals surface area contributed by atoms with Gasteiger partial charge in [0.2, 0.25) is 5.91 Å². The van der Waals surface area contributed by atoms with E-state index in [9.17, 15) is 4.79 Å². The number of nitrogens with one attached hydrogen (secondary N) is 1. The largest absolute Gasteiger partial charge is 0.381 e. The minimum Gasteiger partial charge on any atom is -0.381 e. The van der Waals surface area contributed by atoms with E-state index >= 15 is 0 Å². The van der Waals surface area contributed by atoms with Crippen LogP contribution < -0.4 is 11.1 Å². The van der Waals surface area contributed by atoms with Gasteiger partial charge in [-0.3, -0.25) is 4.79 Å². The first kappa shape index (κ1) is 14.6. The Morgan fingerprint density at radius 1 is 1.40 bits per heavy atom. The highest BCUT2D eigenvalue weighted by atomic mass is 16.5. The van der Waals surface area contributed by atoms with Crippen molar-refractivity contribution in [1.82, 2.24) is 0 Å². The average Bonchev–Trinajstić information content (AvgIpc) is 2.45. The van der Waals surface area contributed by atoms with E-state index in [1.54, 1.807) is 0 Å². The Morgan fingerprint density at radius 3 is 2.85 bits per heavy atom. The monoisotopic (exact) mass is 272 g/mol. The standard InChI is InChI=1S/C16H20N2O2/c1-12-9-13(3-2-6-17)11-15(10-12)18-16(19)14-4-7-20-8-5-14/h9-11,14H,4-8,17H2,1H3,(H,18,19). The number of hydrogen-bond acceptors (Lipinski definition) is 3. The first-order valence-electron chi connectivity index (χ1n) is 6.88. The second-order valence-electron chi connectivity index (χ2n) is 4.97. The molecule has 4 heteroatoms. The van der Waals surface area contributed by atoms with Crippen molar-refractivity contribution in [3.8, 4) is 11.8 Å². The number of carbonyl (C=O) groups is 1. The van der Waals surface area contributed by atoms with Gasteiger partial charge >= 0.3 is 0 Å². The Morgan fingerprint density at radius 2 is 2.15 bits per heavy atom. The van der Waals surface area contributed by atoms with Crippen LogP contribution in [0.2, 0.25) is 0 Å². The van der Waals surface area contributed by atoms with E-state index in [0.717, 1.165) is 29.7 Å². The Balaban J connectivity index is 2.08. The summed E-state index contributed by atoms with van der Waals surface area (Å²) in [5.74, 6) is 5.93. The topological polar surface area (TPSA) is 64.3 Å². The Hall–Kier alpha value is -1.83. The van der Waals surface area contributed by atoms with Gasteiger partial charge in [-0.1, -0.05) is 11.8 Å². The summed E-state index contributed by atoms with van der Waals surface area (Å²) in [5, 5.41) is 2.98. The molecule has 1 saturated heterocycles. The van der Waals surface area contributed by atoms with Gasteiger partial charge in [0.15, 0.2) is 0 Å². The van der Waals surface area contributed by atoms with Crippen molar-refractivity contribution in [3.05, 3.63) is 29.3 Å². The number of rotatable bonds is 2. The molecule has 0 radical (unpaired) electrons. The van der Waals surface area contributed by atoms with Crippen LogP contribution in [0.5, 0.6) is 0 Å². The number of benzene rings is 1. The van der Waals surface area contributed by atoms with Crippen molar-refractivity contribution >= 4 is 11.6 Å². The van der Waals surface area contributed by atoms with Gasteiger partial charge in [0, 0.05) is 30.4 Å². The van der Waals surface area contributed by atoms with Gasteiger partial charge in [-0.05, 0) is 43.5 Å². The zero-order chi connectivity index (χ0) is 14.4. The lowest BCUT2D eigenvalue weighted by atomic mass is 9.99. The molecule has 1 amide bonds. The molecule has 3 N–H and O–H groups in total. The lowest BCUT2D eigenvalue weighted by molar-refractivity contribution is -0.122. The fourth-order valence-electron chi connectivity index (χ4n) is 2.28. The van der Waals surface area contributed by atoms with Crippen LogP contribution in [0, 0.1) is 24.7 Å². The maximum atomic E-state index is 12.2. The van der Waals surface area contributed by atoms with Gasteiger partial charge in [-0.15, -0.1) is 0 Å². The number of aryl methyl sites for hydroxylation is 1. The van der Waals surface area contributed by atoms with Gasteiger partial charge in [0.25, 0.3) is 0 Å². The van der Waals surface area contributed by atoms with Crippen LogP contribution in [0.3, 0.4) is 0 Å². The lowest BCUT2D eigenvalue weighted by Crippen LogP contribution is -2.28. The number of carbonyl (C=O) groups excluding carboxylic acids is 1. The molecule has 1 aromatic carbocycles. The predicted molar refractivity (Wildman–Crippen MR) is 79.3 cm³/mol. The molecule has 0 aliphatic carbocycles. The molecule has 1 heterocycles. The van der Waals surface area contributed by atoms with Crippen molar-refractivity contribution in [2.75, 3.05) is 25.1 Å². The zero-order valence-corrected chi connectivity index (χ0v) is 11.7. The van der Waals surface area contributed by atoms with E-state index in [-0.39, 0.29) is 11.8 Å². The van der Waals surface area contributed by atoms with Crippen molar-refractivity contribution in [3.63, 3.8) is 0 Å². The van der Waals surface area contributed by atoms with Crippen LogP contribution in [-0.2, 0) is 9.53 Å². The second-order valence-corrected chi connectivity index (χ2v) is 4.97. The summed E-state index contributed by atoms with van der Waals surface area (Å²) in [5.41, 5.74) is 8.11. The van der Waals surface area contributed by atoms with Gasteiger partial charge in [0.1, 0.15) is 0 Å². The van der Waals surface area contributed by atoms with Crippen molar-refractivity contribution in [2.24, 2.45) is 11.7 Å². The van der Waals surface area contributed by atoms with Gasteiger partial charge in [-0.25, -0.2) is 0 Å². The summed E-state index contributed by atoms with van der Waals surface area (Å²) < 4.78 is 5.27. The van der Waals surface area contributed by atoms with Gasteiger partial charge in [-0.2, -0.15) is 0 Å². The molecule has 1 fully saturated rings. The number of anilines is 1. The highest BCUT2D eigenvalue weighted by Crippen LogP contribution is 2.19. The zero-order valence-electron chi connectivity index (χ0n) is 11.7. The van der Waals surface area contributed by atoms with E-state index in [4.69, 9.17) is 10.5 Å². The molecule has 0 saturated carbocycles. The van der Waals surface area contributed by atoms with Gasteiger partial charge in [0.05, 0.1) is 6.54 Å². The number of amides is 1. The first-order chi connectivity index (χ1) is 9.69. The number of hydrogen-bond donors (Lipinski definition) is 2. The SMILES string of the molecule is Cc1cc(C#CCN)cc(NC(=O)C2CCOCC2)c1. The molecule has 1 aliphatic rings. The molecule has 0 unspecified atom stereocenters. The molecular formula is C16H20N2O2. The molecule has 0 aromatic heterocycles. The molecule has 106 valence electrons. The number of ether oxygens (including phenoxy) is 1. The van der Waals surface area contributed by atoms with E-state index in [1.807, 2.05) is 25.1 Å².